The summed E-state index contributed by atoms with van der Waals surface area (Å²) < 4.78 is 1.35. The van der Waals surface area contributed by atoms with Gasteiger partial charge < -0.3 is 16.0 Å². The lowest BCUT2D eigenvalue weighted by atomic mass is 10.0. The lowest BCUT2D eigenvalue weighted by molar-refractivity contribution is -0.355. The Labute approximate surface area is 194 Å². The minimum Gasteiger partial charge on any atom is -0.350 e. The molecule has 166 valence electrons. The summed E-state index contributed by atoms with van der Waals surface area (Å²) in [5.41, 5.74) is 4.37. The predicted octanol–water partition coefficient (Wildman–Crippen LogP) is 1.37. The minimum atomic E-state index is -0.429. The number of carbonyl (C=O) groups excluding carboxylic acids is 3. The number of rotatable bonds is 7. The van der Waals surface area contributed by atoms with Gasteiger partial charge in [0.15, 0.2) is 18.2 Å². The van der Waals surface area contributed by atoms with Crippen molar-refractivity contribution in [1.82, 2.24) is 25.0 Å². The first kappa shape index (κ1) is 23.4. The second-order valence-corrected chi connectivity index (χ2v) is 7.80. The van der Waals surface area contributed by atoms with Crippen molar-refractivity contribution < 1.29 is 20.1 Å². The lowest BCUT2D eigenvalue weighted by Gasteiger charge is -2.12. The number of amides is 2. The Balaban J connectivity index is 2.16. The van der Waals surface area contributed by atoms with Crippen molar-refractivity contribution >= 4 is 40.8 Å². The van der Waals surface area contributed by atoms with Crippen LogP contribution in [0.4, 0.5) is 0 Å². The van der Waals surface area contributed by atoms with Crippen molar-refractivity contribution in [2.24, 2.45) is 0 Å². The van der Waals surface area contributed by atoms with E-state index in [9.17, 15) is 14.4 Å². The first-order valence-corrected chi connectivity index (χ1v) is 10.3. The first-order valence-electron chi connectivity index (χ1n) is 9.55. The topological polar surface area (TPSA) is 125 Å². The molecule has 0 atom stereocenters. The molecular weight excluding hydrogens is 455 g/mol. The summed E-state index contributed by atoms with van der Waals surface area (Å²) in [4.78, 5) is 43.1. The monoisotopic (exact) mass is 475 g/mol. The van der Waals surface area contributed by atoms with Crippen molar-refractivity contribution in [2.45, 2.75) is 6.54 Å². The minimum absolute atomic E-state index is 0.0234. The first-order chi connectivity index (χ1) is 15.2. The molecule has 2 aromatic carbocycles. The number of benzene rings is 2. The number of hydrogen-bond acceptors (Lipinski definition) is 5. The van der Waals surface area contributed by atoms with Crippen molar-refractivity contribution in [3.63, 3.8) is 0 Å². The molecule has 0 aliphatic heterocycles. The molecule has 32 heavy (non-hydrogen) atoms. The van der Waals surface area contributed by atoms with Gasteiger partial charge in [0, 0.05) is 30.2 Å². The lowest BCUT2D eigenvalue weighted by Crippen LogP contribution is -2.57. The quantitative estimate of drug-likeness (QED) is 0.499. The van der Waals surface area contributed by atoms with E-state index < -0.39 is 5.91 Å². The van der Waals surface area contributed by atoms with Gasteiger partial charge in [-0.15, -0.1) is 5.10 Å². The molecule has 1 aromatic heterocycles. The fourth-order valence-electron chi connectivity index (χ4n) is 2.87. The van der Waals surface area contributed by atoms with Crippen molar-refractivity contribution in [2.75, 3.05) is 20.6 Å². The highest BCUT2D eigenvalue weighted by Crippen LogP contribution is 2.26. The third-order valence-electron chi connectivity index (χ3n) is 4.49. The van der Waals surface area contributed by atoms with Crippen LogP contribution in [0.3, 0.4) is 0 Å². The van der Waals surface area contributed by atoms with Gasteiger partial charge in [0.25, 0.3) is 11.8 Å². The molecule has 0 radical (unpaired) electrons. The Hall–Kier alpha value is -3.27. The van der Waals surface area contributed by atoms with Crippen LogP contribution >= 0.6 is 23.2 Å². The van der Waals surface area contributed by atoms with Crippen LogP contribution in [0.25, 0.3) is 5.69 Å². The second kappa shape index (κ2) is 9.90. The Morgan fingerprint density at radius 1 is 1.09 bits per heavy atom. The van der Waals surface area contributed by atoms with Gasteiger partial charge in [0.05, 0.1) is 17.3 Å². The molecule has 0 aliphatic rings. The van der Waals surface area contributed by atoms with E-state index in [0.717, 1.165) is 0 Å². The van der Waals surface area contributed by atoms with Gasteiger partial charge >= 0.3 is 0 Å². The summed E-state index contributed by atoms with van der Waals surface area (Å²) in [6.45, 7) is 0.0131. The van der Waals surface area contributed by atoms with E-state index >= 15 is 0 Å². The van der Waals surface area contributed by atoms with Gasteiger partial charge in [-0.05, 0) is 30.3 Å². The standard InChI is InChI=1S/C21H20Cl2N6O3/c1-28(2)21(32)20-26-17(11-25-18(30)10-24)29(27-20)16-8-7-12(22)9-14(16)19(31)13-5-3-4-6-15(13)23/h3-9H,10-11,24H2,1-2H3,(H,25,30)/p+1. The fourth-order valence-corrected chi connectivity index (χ4v) is 3.27. The maximum Gasteiger partial charge on any atom is 0.293 e. The smallest absolute Gasteiger partial charge is 0.293 e. The molecule has 9 nitrogen and oxygen atoms in total. The molecule has 3 aromatic rings. The van der Waals surface area contributed by atoms with Gasteiger partial charge in [-0.2, -0.15) is 0 Å². The number of ketones is 1. The molecule has 0 spiro atoms. The zero-order chi connectivity index (χ0) is 23.4. The molecule has 0 unspecified atom stereocenters. The number of carbonyl (C=O) groups is 3. The maximum absolute atomic E-state index is 13.3. The zero-order valence-electron chi connectivity index (χ0n) is 17.4. The largest absolute Gasteiger partial charge is 0.350 e. The van der Waals surface area contributed by atoms with E-state index in [1.54, 1.807) is 50.5 Å². The number of hydrogen-bond donors (Lipinski definition) is 2. The second-order valence-electron chi connectivity index (χ2n) is 6.96. The Morgan fingerprint density at radius 2 is 1.81 bits per heavy atom. The molecule has 3 rings (SSSR count). The van der Waals surface area contributed by atoms with Crippen LogP contribution in [0.1, 0.15) is 32.4 Å². The third-order valence-corrected chi connectivity index (χ3v) is 5.06. The number of halogens is 2. The number of nitrogens with one attached hydrogen (secondary N) is 1. The van der Waals surface area contributed by atoms with E-state index in [1.807, 2.05) is 0 Å². The van der Waals surface area contributed by atoms with Crippen LogP contribution in [0.2, 0.25) is 10.0 Å². The van der Waals surface area contributed by atoms with Crippen molar-refractivity contribution in [3.05, 3.63) is 75.3 Å². The SMILES string of the molecule is CN(C)C(=O)c1nc(CNC(=O)C[NH3+])n(-c2ccc(Cl)cc2C(=O)c2ccccc2Cl)n1. The zero-order valence-corrected chi connectivity index (χ0v) is 18.9. The Kier molecular flexibility index (Phi) is 7.24. The van der Waals surface area contributed by atoms with Gasteiger partial charge in [-0.3, -0.25) is 14.4 Å². The molecule has 4 N–H and O–H groups in total. The summed E-state index contributed by atoms with van der Waals surface area (Å²) in [6, 6.07) is 11.3. The Bertz CT molecular complexity index is 1190. The van der Waals surface area contributed by atoms with E-state index in [1.165, 1.54) is 15.6 Å². The fraction of sp³-hybridized carbons (Fsp3) is 0.190. The number of quaternary nitrogens is 1. The molecule has 11 heteroatoms. The van der Waals surface area contributed by atoms with Crippen molar-refractivity contribution in [1.29, 1.82) is 0 Å². The van der Waals surface area contributed by atoms with Crippen molar-refractivity contribution in [3.8, 4) is 5.69 Å². The molecule has 1 heterocycles. The highest BCUT2D eigenvalue weighted by molar-refractivity contribution is 6.35. The average molecular weight is 476 g/mol. The van der Waals surface area contributed by atoms with E-state index in [0.29, 0.717) is 10.7 Å². The van der Waals surface area contributed by atoms with Gasteiger partial charge in [0.2, 0.25) is 5.82 Å². The van der Waals surface area contributed by atoms with E-state index in [4.69, 9.17) is 23.2 Å². The summed E-state index contributed by atoms with van der Waals surface area (Å²) in [6.07, 6.45) is 0. The molecule has 0 bridgehead atoms. The highest BCUT2D eigenvalue weighted by Gasteiger charge is 2.24. The molecule has 2 amide bonds. The molecular formula is C21H21Cl2N6O3+. The van der Waals surface area contributed by atoms with Crippen LogP contribution in [0, 0.1) is 0 Å². The summed E-state index contributed by atoms with van der Waals surface area (Å²) >= 11 is 12.4. The normalized spacial score (nSPS) is 10.7. The van der Waals surface area contributed by atoms with Gasteiger partial charge in [-0.1, -0.05) is 35.3 Å². The third kappa shape index (κ3) is 4.96. The highest BCUT2D eigenvalue weighted by atomic mass is 35.5. The van der Waals surface area contributed by atoms with Gasteiger partial charge in [0.1, 0.15) is 0 Å². The van der Waals surface area contributed by atoms with Gasteiger partial charge in [-0.25, -0.2) is 9.67 Å². The molecule has 0 aliphatic carbocycles. The van der Waals surface area contributed by atoms with Crippen LogP contribution < -0.4 is 11.1 Å². The van der Waals surface area contributed by atoms with E-state index in [2.05, 4.69) is 21.1 Å². The maximum atomic E-state index is 13.3. The van der Waals surface area contributed by atoms with E-state index in [-0.39, 0.29) is 52.6 Å². The average Bonchev–Trinajstić information content (AvgIpc) is 3.20. The summed E-state index contributed by atoms with van der Waals surface area (Å²) in [5.74, 6) is -0.936. The summed E-state index contributed by atoms with van der Waals surface area (Å²) in [7, 11) is 3.14. The molecule has 0 saturated heterocycles. The predicted molar refractivity (Wildman–Crippen MR) is 119 cm³/mol. The van der Waals surface area contributed by atoms with Crippen LogP contribution in [0.15, 0.2) is 42.5 Å². The van der Waals surface area contributed by atoms with Crippen LogP contribution in [-0.2, 0) is 11.3 Å². The number of nitrogens with zero attached hydrogens (tertiary/aromatic N) is 4. The van der Waals surface area contributed by atoms with Crippen LogP contribution in [-0.4, -0.2) is 57.9 Å². The number of aromatic nitrogens is 3. The molecule has 0 fully saturated rings. The Morgan fingerprint density at radius 3 is 2.47 bits per heavy atom. The molecule has 0 saturated carbocycles. The van der Waals surface area contributed by atoms with Crippen LogP contribution in [0.5, 0.6) is 0 Å². The summed E-state index contributed by atoms with van der Waals surface area (Å²) in [5, 5.41) is 7.59.